The van der Waals surface area contributed by atoms with Gasteiger partial charge in [-0.15, -0.1) is 0 Å². The molecule has 0 saturated carbocycles. The molecule has 3 rings (SSSR count). The lowest BCUT2D eigenvalue weighted by molar-refractivity contribution is 0.0679. The summed E-state index contributed by atoms with van der Waals surface area (Å²) >= 11 is 0. The first-order valence-corrected chi connectivity index (χ1v) is 9.14. The van der Waals surface area contributed by atoms with Crippen LogP contribution < -0.4 is 14.8 Å². The molecule has 1 heterocycles. The van der Waals surface area contributed by atoms with Crippen LogP contribution in [0.15, 0.2) is 48.5 Å². The van der Waals surface area contributed by atoms with Crippen molar-refractivity contribution >= 4 is 11.6 Å². The molecule has 0 radical (unpaired) electrons. The Morgan fingerprint density at radius 1 is 1.15 bits per heavy atom. The minimum atomic E-state index is -0.178. The molecule has 1 amide bonds. The highest BCUT2D eigenvalue weighted by Gasteiger charge is 2.16. The minimum absolute atomic E-state index is 0.178. The highest BCUT2D eigenvalue weighted by molar-refractivity contribution is 6.05. The van der Waals surface area contributed by atoms with Crippen molar-refractivity contribution in [2.45, 2.75) is 32.3 Å². The normalized spacial score (nSPS) is 16.3. The van der Waals surface area contributed by atoms with Crippen molar-refractivity contribution in [2.75, 3.05) is 25.1 Å². The summed E-state index contributed by atoms with van der Waals surface area (Å²) in [7, 11) is 0. The number of ether oxygens (including phenoxy) is 3. The topological polar surface area (TPSA) is 56.8 Å². The first-order valence-electron chi connectivity index (χ1n) is 9.14. The fraction of sp³-hybridized carbons (Fsp3) is 0.381. The second-order valence-corrected chi connectivity index (χ2v) is 6.27. The molecule has 0 bridgehead atoms. The van der Waals surface area contributed by atoms with Crippen LogP contribution in [0.2, 0.25) is 0 Å². The Morgan fingerprint density at radius 3 is 2.69 bits per heavy atom. The van der Waals surface area contributed by atoms with Gasteiger partial charge in [0, 0.05) is 12.2 Å². The Morgan fingerprint density at radius 2 is 1.96 bits per heavy atom. The molecule has 5 nitrogen and oxygen atoms in total. The lowest BCUT2D eigenvalue weighted by atomic mass is 10.2. The van der Waals surface area contributed by atoms with E-state index in [-0.39, 0.29) is 12.0 Å². The van der Waals surface area contributed by atoms with E-state index in [4.69, 9.17) is 14.2 Å². The maximum Gasteiger partial charge on any atom is 0.255 e. The molecule has 2 aromatic carbocycles. The molecule has 2 aromatic rings. The molecule has 26 heavy (non-hydrogen) atoms. The molecule has 5 heteroatoms. The molecule has 1 fully saturated rings. The molecule has 1 atom stereocenters. The highest BCUT2D eigenvalue weighted by Crippen LogP contribution is 2.25. The largest absolute Gasteiger partial charge is 0.491 e. The highest BCUT2D eigenvalue weighted by atomic mass is 16.5. The van der Waals surface area contributed by atoms with Gasteiger partial charge in [0.05, 0.1) is 18.4 Å². The lowest BCUT2D eigenvalue weighted by Gasteiger charge is -2.13. The second-order valence-electron chi connectivity index (χ2n) is 6.27. The smallest absolute Gasteiger partial charge is 0.255 e. The van der Waals surface area contributed by atoms with E-state index in [2.05, 4.69) is 5.32 Å². The van der Waals surface area contributed by atoms with E-state index in [9.17, 15) is 4.79 Å². The summed E-state index contributed by atoms with van der Waals surface area (Å²) in [6.45, 7) is 4.03. The van der Waals surface area contributed by atoms with E-state index >= 15 is 0 Å². The summed E-state index contributed by atoms with van der Waals surface area (Å²) in [6, 6.07) is 14.6. The zero-order valence-corrected chi connectivity index (χ0v) is 15.1. The third-order valence-electron chi connectivity index (χ3n) is 4.17. The monoisotopic (exact) mass is 355 g/mol. The molecule has 0 aromatic heterocycles. The maximum atomic E-state index is 12.5. The minimum Gasteiger partial charge on any atom is -0.491 e. The Kier molecular flexibility index (Phi) is 6.50. The Labute approximate surface area is 154 Å². The van der Waals surface area contributed by atoms with E-state index < -0.39 is 0 Å². The zero-order valence-electron chi connectivity index (χ0n) is 15.1. The van der Waals surface area contributed by atoms with Gasteiger partial charge in [-0.3, -0.25) is 4.79 Å². The van der Waals surface area contributed by atoms with Crippen molar-refractivity contribution in [2.24, 2.45) is 0 Å². The van der Waals surface area contributed by atoms with Crippen LogP contribution in [0.3, 0.4) is 0 Å². The number of carbonyl (C=O) groups is 1. The van der Waals surface area contributed by atoms with Gasteiger partial charge >= 0.3 is 0 Å². The first kappa shape index (κ1) is 18.3. The molecule has 1 N–H and O–H groups in total. The average molecular weight is 355 g/mol. The van der Waals surface area contributed by atoms with Gasteiger partial charge in [0.25, 0.3) is 5.91 Å². The quantitative estimate of drug-likeness (QED) is 0.768. The number of rotatable bonds is 8. The van der Waals surface area contributed by atoms with Crippen LogP contribution in [-0.4, -0.2) is 31.8 Å². The van der Waals surface area contributed by atoms with Crippen LogP contribution in [0.1, 0.15) is 36.5 Å². The molecule has 1 saturated heterocycles. The summed E-state index contributed by atoms with van der Waals surface area (Å²) in [5.74, 6) is 1.24. The van der Waals surface area contributed by atoms with E-state index in [1.165, 1.54) is 0 Å². The summed E-state index contributed by atoms with van der Waals surface area (Å²) in [5.41, 5.74) is 1.24. The maximum absolute atomic E-state index is 12.5. The number of nitrogens with one attached hydrogen (secondary N) is 1. The molecule has 138 valence electrons. The van der Waals surface area contributed by atoms with Gasteiger partial charge in [-0.25, -0.2) is 0 Å². The van der Waals surface area contributed by atoms with Gasteiger partial charge in [-0.1, -0.05) is 19.1 Å². The van der Waals surface area contributed by atoms with Crippen LogP contribution >= 0.6 is 0 Å². The lowest BCUT2D eigenvalue weighted by Crippen LogP contribution is -2.16. The fourth-order valence-corrected chi connectivity index (χ4v) is 2.77. The molecular weight excluding hydrogens is 330 g/mol. The molecule has 0 aliphatic carbocycles. The fourth-order valence-electron chi connectivity index (χ4n) is 2.77. The molecule has 1 aliphatic rings. The van der Waals surface area contributed by atoms with Crippen molar-refractivity contribution in [3.8, 4) is 11.5 Å². The summed E-state index contributed by atoms with van der Waals surface area (Å²) in [6.07, 6.45) is 3.23. The summed E-state index contributed by atoms with van der Waals surface area (Å²) in [4.78, 5) is 12.5. The van der Waals surface area contributed by atoms with Crippen molar-refractivity contribution in [3.63, 3.8) is 0 Å². The average Bonchev–Trinajstić information content (AvgIpc) is 3.20. The van der Waals surface area contributed by atoms with Crippen molar-refractivity contribution in [1.29, 1.82) is 0 Å². The van der Waals surface area contributed by atoms with E-state index in [1.807, 2.05) is 43.3 Å². The number of carbonyl (C=O) groups excluding carboxylic acids is 1. The van der Waals surface area contributed by atoms with Gasteiger partial charge in [0.15, 0.2) is 0 Å². The van der Waals surface area contributed by atoms with Crippen LogP contribution in [0.4, 0.5) is 5.69 Å². The van der Waals surface area contributed by atoms with Crippen LogP contribution in [-0.2, 0) is 4.74 Å². The molecule has 0 spiro atoms. The van der Waals surface area contributed by atoms with Gasteiger partial charge in [-0.05, 0) is 55.7 Å². The van der Waals surface area contributed by atoms with E-state index in [1.54, 1.807) is 12.1 Å². The number of anilines is 1. The third kappa shape index (κ3) is 4.99. The summed E-state index contributed by atoms with van der Waals surface area (Å²) in [5, 5.41) is 2.91. The number of para-hydroxylation sites is 2. The number of hydrogen-bond acceptors (Lipinski definition) is 4. The van der Waals surface area contributed by atoms with Gasteiger partial charge in [0.2, 0.25) is 0 Å². The van der Waals surface area contributed by atoms with Crippen LogP contribution in [0.5, 0.6) is 11.5 Å². The first-order chi connectivity index (χ1) is 12.8. The van der Waals surface area contributed by atoms with Crippen molar-refractivity contribution < 1.29 is 19.0 Å². The summed E-state index contributed by atoms with van der Waals surface area (Å²) < 4.78 is 16.9. The van der Waals surface area contributed by atoms with Crippen LogP contribution in [0.25, 0.3) is 0 Å². The Hall–Kier alpha value is -2.53. The van der Waals surface area contributed by atoms with Gasteiger partial charge in [-0.2, -0.15) is 0 Å². The second kappa shape index (κ2) is 9.25. The van der Waals surface area contributed by atoms with Gasteiger partial charge in [0.1, 0.15) is 18.1 Å². The van der Waals surface area contributed by atoms with E-state index in [0.717, 1.165) is 31.6 Å². The van der Waals surface area contributed by atoms with Gasteiger partial charge < -0.3 is 19.5 Å². The van der Waals surface area contributed by atoms with Crippen LogP contribution in [0, 0.1) is 0 Å². The van der Waals surface area contributed by atoms with Crippen molar-refractivity contribution in [1.82, 2.24) is 0 Å². The number of hydrogen-bond donors (Lipinski definition) is 1. The molecular formula is C21H25NO4. The predicted molar refractivity (Wildman–Crippen MR) is 101 cm³/mol. The molecule has 1 aliphatic heterocycles. The predicted octanol–water partition coefficient (Wildman–Crippen LogP) is 4.29. The Balaban J connectivity index is 1.58. The molecule has 1 unspecified atom stereocenters. The van der Waals surface area contributed by atoms with E-state index in [0.29, 0.717) is 30.2 Å². The standard InChI is InChI=1S/C21H25NO4/c1-2-13-25-20-8-4-3-7-19(20)22-21(23)16-9-11-17(12-10-16)26-15-18-6-5-14-24-18/h3-4,7-12,18H,2,5-6,13-15H2,1H3,(H,22,23). The number of amides is 1. The number of benzene rings is 2. The zero-order chi connectivity index (χ0) is 18.2. The third-order valence-corrected chi connectivity index (χ3v) is 4.17. The Bertz CT molecular complexity index is 708. The SMILES string of the molecule is CCCOc1ccccc1NC(=O)c1ccc(OCC2CCCO2)cc1. The van der Waals surface area contributed by atoms with Crippen molar-refractivity contribution in [3.05, 3.63) is 54.1 Å².